The van der Waals surface area contributed by atoms with Gasteiger partial charge in [-0.1, -0.05) is 23.8 Å². The minimum absolute atomic E-state index is 0.192. The lowest BCUT2D eigenvalue weighted by Gasteiger charge is -2.13. The quantitative estimate of drug-likeness (QED) is 0.776. The molecule has 0 atom stereocenters. The molecule has 2 amide bonds. The highest BCUT2D eigenvalue weighted by Crippen LogP contribution is 2.21. The summed E-state index contributed by atoms with van der Waals surface area (Å²) in [5.74, 6) is -1.43. The molecule has 0 fully saturated rings. The van der Waals surface area contributed by atoms with Crippen LogP contribution in [0.25, 0.3) is 0 Å². The number of hydrogen-bond donors (Lipinski definition) is 2. The summed E-state index contributed by atoms with van der Waals surface area (Å²) in [6, 6.07) is 7.29. The topological polar surface area (TPSA) is 84.5 Å². The van der Waals surface area contributed by atoms with Crippen LogP contribution in [0.15, 0.2) is 29.6 Å². The van der Waals surface area contributed by atoms with Gasteiger partial charge in [0.25, 0.3) is 5.91 Å². The Morgan fingerprint density at radius 2 is 1.76 bits per heavy atom. The lowest BCUT2D eigenvalue weighted by Crippen LogP contribution is -2.35. The van der Waals surface area contributed by atoms with Crippen molar-refractivity contribution in [1.29, 1.82) is 0 Å². The first kappa shape index (κ1) is 18.7. The van der Waals surface area contributed by atoms with Gasteiger partial charge in [0, 0.05) is 5.69 Å². The predicted molar refractivity (Wildman–Crippen MR) is 96.9 cm³/mol. The van der Waals surface area contributed by atoms with Gasteiger partial charge in [0.05, 0.1) is 6.54 Å². The molecule has 0 radical (unpaired) electrons. The first-order valence-corrected chi connectivity index (χ1v) is 8.60. The van der Waals surface area contributed by atoms with E-state index in [4.69, 9.17) is 4.74 Å². The average Bonchev–Trinajstić information content (AvgIpc) is 3.08. The van der Waals surface area contributed by atoms with Crippen molar-refractivity contribution < 1.29 is 19.1 Å². The number of carbonyl (C=O) groups excluding carboxylic acids is 3. The maximum Gasteiger partial charge on any atom is 0.348 e. The van der Waals surface area contributed by atoms with E-state index < -0.39 is 18.5 Å². The van der Waals surface area contributed by atoms with Crippen LogP contribution >= 0.6 is 11.3 Å². The van der Waals surface area contributed by atoms with Gasteiger partial charge in [-0.05, 0) is 43.3 Å². The first-order valence-electron chi connectivity index (χ1n) is 7.72. The number of esters is 1. The molecule has 132 valence electrons. The second kappa shape index (κ2) is 8.43. The molecule has 1 aromatic carbocycles. The number of aryl methyl sites for hydroxylation is 3. The zero-order chi connectivity index (χ0) is 18.4. The van der Waals surface area contributed by atoms with Crippen molar-refractivity contribution in [2.24, 2.45) is 0 Å². The highest BCUT2D eigenvalue weighted by atomic mass is 32.1. The monoisotopic (exact) mass is 360 g/mol. The zero-order valence-corrected chi connectivity index (χ0v) is 15.2. The Kier molecular flexibility index (Phi) is 6.30. The number of thiophene rings is 1. The van der Waals surface area contributed by atoms with Crippen molar-refractivity contribution in [2.75, 3.05) is 18.5 Å². The van der Waals surface area contributed by atoms with Gasteiger partial charge in [-0.2, -0.15) is 0 Å². The molecule has 7 heteroatoms. The van der Waals surface area contributed by atoms with E-state index in [0.717, 1.165) is 22.4 Å². The molecule has 1 heterocycles. The minimum Gasteiger partial charge on any atom is -0.451 e. The van der Waals surface area contributed by atoms with Crippen LogP contribution in [0.2, 0.25) is 0 Å². The molecule has 0 aliphatic carbocycles. The van der Waals surface area contributed by atoms with Crippen molar-refractivity contribution in [2.45, 2.75) is 20.8 Å². The third-order valence-electron chi connectivity index (χ3n) is 3.44. The van der Waals surface area contributed by atoms with E-state index in [2.05, 4.69) is 10.6 Å². The Bertz CT molecular complexity index is 761. The van der Waals surface area contributed by atoms with Crippen LogP contribution in [0.4, 0.5) is 5.69 Å². The Balaban J connectivity index is 1.78. The van der Waals surface area contributed by atoms with Gasteiger partial charge >= 0.3 is 5.97 Å². The third kappa shape index (κ3) is 5.42. The summed E-state index contributed by atoms with van der Waals surface area (Å²) in [6.45, 7) is 5.20. The minimum atomic E-state index is -0.555. The van der Waals surface area contributed by atoms with Gasteiger partial charge in [0.1, 0.15) is 4.88 Å². The standard InChI is InChI=1S/C18H20N2O4S/c1-11-7-12(2)17(13(3)8-11)20-15(21)9-19-16(22)10-24-18(23)14-5-4-6-25-14/h4-8H,9-10H2,1-3H3,(H,19,22)(H,20,21). The molecule has 0 unspecified atom stereocenters. The van der Waals surface area contributed by atoms with Crippen LogP contribution in [0.5, 0.6) is 0 Å². The highest BCUT2D eigenvalue weighted by molar-refractivity contribution is 7.11. The molecule has 0 aliphatic rings. The fourth-order valence-electron chi connectivity index (χ4n) is 2.39. The molecule has 0 aliphatic heterocycles. The van der Waals surface area contributed by atoms with Gasteiger partial charge in [0.15, 0.2) is 6.61 Å². The second-order valence-electron chi connectivity index (χ2n) is 5.65. The molecule has 2 N–H and O–H groups in total. The molecule has 0 bridgehead atoms. The number of carbonyl (C=O) groups is 3. The number of benzene rings is 1. The van der Waals surface area contributed by atoms with Crippen LogP contribution in [-0.4, -0.2) is 30.9 Å². The summed E-state index contributed by atoms with van der Waals surface area (Å²) in [5.41, 5.74) is 3.78. The van der Waals surface area contributed by atoms with Crippen LogP contribution in [0.1, 0.15) is 26.4 Å². The van der Waals surface area contributed by atoms with Crippen LogP contribution in [0.3, 0.4) is 0 Å². The van der Waals surface area contributed by atoms with Crippen molar-refractivity contribution in [3.63, 3.8) is 0 Å². The van der Waals surface area contributed by atoms with E-state index in [-0.39, 0.29) is 12.5 Å². The van der Waals surface area contributed by atoms with E-state index in [9.17, 15) is 14.4 Å². The zero-order valence-electron chi connectivity index (χ0n) is 14.3. The molecule has 0 spiro atoms. The number of hydrogen-bond acceptors (Lipinski definition) is 5. The molecule has 2 rings (SSSR count). The number of nitrogens with one attached hydrogen (secondary N) is 2. The fraction of sp³-hybridized carbons (Fsp3) is 0.278. The van der Waals surface area contributed by atoms with Gasteiger partial charge in [-0.15, -0.1) is 11.3 Å². The van der Waals surface area contributed by atoms with E-state index in [0.29, 0.717) is 4.88 Å². The maximum absolute atomic E-state index is 12.0. The number of amides is 2. The van der Waals surface area contributed by atoms with Crippen molar-refractivity contribution in [3.05, 3.63) is 51.2 Å². The second-order valence-corrected chi connectivity index (χ2v) is 6.60. The highest BCUT2D eigenvalue weighted by Gasteiger charge is 2.13. The molecule has 0 saturated carbocycles. The molecule has 6 nitrogen and oxygen atoms in total. The van der Waals surface area contributed by atoms with E-state index in [1.165, 1.54) is 11.3 Å². The molecule has 2 aromatic rings. The van der Waals surface area contributed by atoms with Gasteiger partial charge in [0.2, 0.25) is 5.91 Å². The Labute approximate surface area is 150 Å². The van der Waals surface area contributed by atoms with Gasteiger partial charge in [-0.25, -0.2) is 4.79 Å². The number of ether oxygens (including phenoxy) is 1. The van der Waals surface area contributed by atoms with Crippen LogP contribution in [0, 0.1) is 20.8 Å². The van der Waals surface area contributed by atoms with Crippen molar-refractivity contribution in [1.82, 2.24) is 5.32 Å². The summed E-state index contributed by atoms with van der Waals surface area (Å²) in [5, 5.41) is 6.96. The summed E-state index contributed by atoms with van der Waals surface area (Å²) >= 11 is 1.24. The lowest BCUT2D eigenvalue weighted by molar-refractivity contribution is -0.126. The number of rotatable bonds is 6. The molecule has 25 heavy (non-hydrogen) atoms. The largest absolute Gasteiger partial charge is 0.451 e. The van der Waals surface area contributed by atoms with Crippen LogP contribution in [-0.2, 0) is 14.3 Å². The lowest BCUT2D eigenvalue weighted by atomic mass is 10.1. The van der Waals surface area contributed by atoms with E-state index >= 15 is 0 Å². The smallest absolute Gasteiger partial charge is 0.348 e. The van der Waals surface area contributed by atoms with Gasteiger partial charge in [-0.3, -0.25) is 9.59 Å². The Morgan fingerprint density at radius 1 is 1.08 bits per heavy atom. The van der Waals surface area contributed by atoms with Crippen LogP contribution < -0.4 is 10.6 Å². The molecule has 0 saturated heterocycles. The van der Waals surface area contributed by atoms with E-state index in [1.807, 2.05) is 32.9 Å². The molecule has 1 aromatic heterocycles. The fourth-order valence-corrected chi connectivity index (χ4v) is 3.00. The molecular formula is C18H20N2O4S. The van der Waals surface area contributed by atoms with Crippen molar-refractivity contribution >= 4 is 34.8 Å². The maximum atomic E-state index is 12.0. The first-order chi connectivity index (χ1) is 11.9. The predicted octanol–water partition coefficient (Wildman–Crippen LogP) is 2.59. The summed E-state index contributed by atoms with van der Waals surface area (Å²) in [4.78, 5) is 35.7. The molecular weight excluding hydrogens is 340 g/mol. The average molecular weight is 360 g/mol. The third-order valence-corrected chi connectivity index (χ3v) is 4.29. The van der Waals surface area contributed by atoms with Gasteiger partial charge < -0.3 is 15.4 Å². The SMILES string of the molecule is Cc1cc(C)c(NC(=O)CNC(=O)COC(=O)c2cccs2)c(C)c1. The summed E-state index contributed by atoms with van der Waals surface area (Å²) in [6.07, 6.45) is 0. The number of anilines is 1. The van der Waals surface area contributed by atoms with E-state index in [1.54, 1.807) is 17.5 Å². The Morgan fingerprint density at radius 3 is 2.36 bits per heavy atom. The normalized spacial score (nSPS) is 10.2. The summed E-state index contributed by atoms with van der Waals surface area (Å²) < 4.78 is 4.88. The Hall–Kier alpha value is -2.67. The van der Waals surface area contributed by atoms with Crippen molar-refractivity contribution in [3.8, 4) is 0 Å². The summed E-state index contributed by atoms with van der Waals surface area (Å²) in [7, 11) is 0.